The lowest BCUT2D eigenvalue weighted by Gasteiger charge is -2.33. The Morgan fingerprint density at radius 1 is 1.52 bits per heavy atom. The first-order valence-corrected chi connectivity index (χ1v) is 7.60. The van der Waals surface area contributed by atoms with Gasteiger partial charge in [0, 0.05) is 26.2 Å². The molecule has 118 valence electrons. The van der Waals surface area contributed by atoms with E-state index < -0.39 is 0 Å². The van der Waals surface area contributed by atoms with Crippen LogP contribution in [0.25, 0.3) is 6.08 Å². The molecule has 1 atom stereocenters. The highest BCUT2D eigenvalue weighted by Crippen LogP contribution is 2.11. The Morgan fingerprint density at radius 3 is 3.00 bits per heavy atom. The monoisotopic (exact) mass is 294 g/mol. The molecule has 5 nitrogen and oxygen atoms in total. The Morgan fingerprint density at radius 2 is 2.33 bits per heavy atom. The van der Waals surface area contributed by atoms with E-state index in [0.717, 1.165) is 38.2 Å². The summed E-state index contributed by atoms with van der Waals surface area (Å²) in [6, 6.07) is 4.39. The first-order valence-electron chi connectivity index (χ1n) is 7.60. The molecule has 0 radical (unpaired) electrons. The van der Waals surface area contributed by atoms with E-state index in [9.17, 15) is 5.11 Å². The van der Waals surface area contributed by atoms with Crippen molar-refractivity contribution in [3.63, 3.8) is 0 Å². The molecule has 1 aromatic rings. The number of ether oxygens (including phenoxy) is 1. The van der Waals surface area contributed by atoms with Crippen LogP contribution < -0.4 is 5.32 Å². The standard InChI is InChI=1S/C16H26N2O3/c1-20-13-15(19)12-18-9-6-14(7-10-18)17-8-2-4-16-5-3-11-21-16/h2-5,11,14-15,17,19H,6-10,12-13H2,1H3/b4-2+. The second kappa shape index (κ2) is 9.00. The number of methoxy groups -OCH3 is 1. The van der Waals surface area contributed by atoms with Crippen LogP contribution >= 0.6 is 0 Å². The molecule has 21 heavy (non-hydrogen) atoms. The van der Waals surface area contributed by atoms with E-state index >= 15 is 0 Å². The molecule has 2 N–H and O–H groups in total. The maximum Gasteiger partial charge on any atom is 0.126 e. The number of rotatable bonds is 8. The van der Waals surface area contributed by atoms with Crippen LogP contribution in [-0.2, 0) is 4.74 Å². The number of aliphatic hydroxyl groups is 1. The number of hydrogen-bond acceptors (Lipinski definition) is 5. The van der Waals surface area contributed by atoms with Gasteiger partial charge in [0.25, 0.3) is 0 Å². The van der Waals surface area contributed by atoms with Crippen molar-refractivity contribution in [1.82, 2.24) is 10.2 Å². The van der Waals surface area contributed by atoms with E-state index in [4.69, 9.17) is 9.15 Å². The molecule has 1 aromatic heterocycles. The minimum Gasteiger partial charge on any atom is -0.465 e. The van der Waals surface area contributed by atoms with Crippen LogP contribution in [0.5, 0.6) is 0 Å². The Bertz CT molecular complexity index is 398. The predicted octanol–water partition coefficient (Wildman–Crippen LogP) is 1.35. The summed E-state index contributed by atoms with van der Waals surface area (Å²) >= 11 is 0. The minimum atomic E-state index is -0.379. The zero-order chi connectivity index (χ0) is 14.9. The van der Waals surface area contributed by atoms with Crippen LogP contribution in [0.4, 0.5) is 0 Å². The summed E-state index contributed by atoms with van der Waals surface area (Å²) in [5.74, 6) is 0.888. The van der Waals surface area contributed by atoms with Crippen molar-refractivity contribution >= 4 is 6.08 Å². The third kappa shape index (κ3) is 6.01. The zero-order valence-corrected chi connectivity index (χ0v) is 12.7. The van der Waals surface area contributed by atoms with E-state index in [1.54, 1.807) is 13.4 Å². The van der Waals surface area contributed by atoms with Gasteiger partial charge in [-0.3, -0.25) is 0 Å². The second-order valence-corrected chi connectivity index (χ2v) is 5.51. The third-order valence-electron chi connectivity index (χ3n) is 3.77. The first-order chi connectivity index (χ1) is 10.3. The Balaban J connectivity index is 1.58. The van der Waals surface area contributed by atoms with Gasteiger partial charge in [-0.1, -0.05) is 6.08 Å². The lowest BCUT2D eigenvalue weighted by Crippen LogP contribution is -2.45. The summed E-state index contributed by atoms with van der Waals surface area (Å²) in [5, 5.41) is 13.3. The molecule has 0 aliphatic carbocycles. The fourth-order valence-electron chi connectivity index (χ4n) is 2.66. The summed E-state index contributed by atoms with van der Waals surface area (Å²) in [4.78, 5) is 2.31. The Labute approximate surface area is 126 Å². The van der Waals surface area contributed by atoms with Gasteiger partial charge in [0.2, 0.25) is 0 Å². The molecule has 2 heterocycles. The van der Waals surface area contributed by atoms with E-state index in [1.807, 2.05) is 18.2 Å². The number of β-amino-alcohol motifs (C(OH)–C–C–N with tert-alkyl or cyclic N) is 1. The van der Waals surface area contributed by atoms with Gasteiger partial charge in [-0.25, -0.2) is 0 Å². The molecule has 1 unspecified atom stereocenters. The highest BCUT2D eigenvalue weighted by molar-refractivity contribution is 5.42. The van der Waals surface area contributed by atoms with Crippen molar-refractivity contribution in [3.05, 3.63) is 30.2 Å². The molecule has 0 aromatic carbocycles. The molecule has 1 saturated heterocycles. The van der Waals surface area contributed by atoms with E-state index in [2.05, 4.69) is 16.3 Å². The van der Waals surface area contributed by atoms with Gasteiger partial charge in [-0.2, -0.15) is 0 Å². The smallest absolute Gasteiger partial charge is 0.126 e. The van der Waals surface area contributed by atoms with Gasteiger partial charge in [0.1, 0.15) is 5.76 Å². The highest BCUT2D eigenvalue weighted by Gasteiger charge is 2.20. The predicted molar refractivity (Wildman–Crippen MR) is 83.1 cm³/mol. The highest BCUT2D eigenvalue weighted by atomic mass is 16.5. The van der Waals surface area contributed by atoms with Gasteiger partial charge in [-0.05, 0) is 44.1 Å². The molecule has 0 spiro atoms. The zero-order valence-electron chi connectivity index (χ0n) is 12.7. The molecule has 1 fully saturated rings. The van der Waals surface area contributed by atoms with Crippen LogP contribution in [0.2, 0.25) is 0 Å². The fourth-order valence-corrected chi connectivity index (χ4v) is 2.66. The first kappa shape index (κ1) is 16.2. The van der Waals surface area contributed by atoms with Crippen LogP contribution in [0.3, 0.4) is 0 Å². The number of hydrogen-bond donors (Lipinski definition) is 2. The minimum absolute atomic E-state index is 0.379. The summed E-state index contributed by atoms with van der Waals surface area (Å²) in [6.45, 7) is 4.03. The maximum absolute atomic E-state index is 9.73. The summed E-state index contributed by atoms with van der Waals surface area (Å²) in [5.41, 5.74) is 0. The SMILES string of the molecule is COCC(O)CN1CCC(NC/C=C/c2ccco2)CC1. The third-order valence-corrected chi connectivity index (χ3v) is 3.77. The molecule has 1 aliphatic rings. The summed E-state index contributed by atoms with van der Waals surface area (Å²) in [6.07, 6.45) is 7.62. The average molecular weight is 294 g/mol. The maximum atomic E-state index is 9.73. The topological polar surface area (TPSA) is 57.9 Å². The Hall–Kier alpha value is -1.14. The molecular weight excluding hydrogens is 268 g/mol. The Kier molecular flexibility index (Phi) is 6.95. The lowest BCUT2D eigenvalue weighted by molar-refractivity contribution is 0.0312. The fraction of sp³-hybridized carbons (Fsp3) is 0.625. The van der Waals surface area contributed by atoms with Crippen LogP contribution in [0.1, 0.15) is 18.6 Å². The van der Waals surface area contributed by atoms with Crippen molar-refractivity contribution in [2.24, 2.45) is 0 Å². The van der Waals surface area contributed by atoms with Crippen LogP contribution in [-0.4, -0.2) is 62.0 Å². The van der Waals surface area contributed by atoms with Gasteiger partial charge in [0.05, 0.1) is 19.0 Å². The molecule has 0 saturated carbocycles. The van der Waals surface area contributed by atoms with E-state index in [1.165, 1.54) is 0 Å². The lowest BCUT2D eigenvalue weighted by atomic mass is 10.0. The molecule has 5 heteroatoms. The van der Waals surface area contributed by atoms with Crippen molar-refractivity contribution in [2.45, 2.75) is 25.0 Å². The van der Waals surface area contributed by atoms with Crippen molar-refractivity contribution < 1.29 is 14.3 Å². The quantitative estimate of drug-likeness (QED) is 0.758. The average Bonchev–Trinajstić information content (AvgIpc) is 2.99. The van der Waals surface area contributed by atoms with Crippen molar-refractivity contribution in [1.29, 1.82) is 0 Å². The summed E-state index contributed by atoms with van der Waals surface area (Å²) < 4.78 is 10.2. The molecule has 0 amide bonds. The number of likely N-dealkylation sites (tertiary alicyclic amines) is 1. The van der Waals surface area contributed by atoms with Crippen molar-refractivity contribution in [2.75, 3.05) is 39.9 Å². The number of aliphatic hydroxyl groups excluding tert-OH is 1. The van der Waals surface area contributed by atoms with Crippen LogP contribution in [0.15, 0.2) is 28.9 Å². The van der Waals surface area contributed by atoms with Crippen molar-refractivity contribution in [3.8, 4) is 0 Å². The summed E-state index contributed by atoms with van der Waals surface area (Å²) in [7, 11) is 1.62. The second-order valence-electron chi connectivity index (χ2n) is 5.51. The number of furan rings is 1. The van der Waals surface area contributed by atoms with Gasteiger partial charge in [-0.15, -0.1) is 0 Å². The van der Waals surface area contributed by atoms with Gasteiger partial charge >= 0.3 is 0 Å². The molecule has 1 aliphatic heterocycles. The van der Waals surface area contributed by atoms with Crippen LogP contribution in [0, 0.1) is 0 Å². The number of piperidine rings is 1. The van der Waals surface area contributed by atoms with Gasteiger partial charge < -0.3 is 24.5 Å². The van der Waals surface area contributed by atoms with Gasteiger partial charge in [0.15, 0.2) is 0 Å². The number of nitrogens with one attached hydrogen (secondary N) is 1. The van der Waals surface area contributed by atoms with E-state index in [-0.39, 0.29) is 6.10 Å². The number of nitrogens with zero attached hydrogens (tertiary/aromatic N) is 1. The normalized spacial score (nSPS) is 19.3. The largest absolute Gasteiger partial charge is 0.465 e. The molecule has 0 bridgehead atoms. The molecule has 2 rings (SSSR count). The van der Waals surface area contributed by atoms with E-state index in [0.29, 0.717) is 19.2 Å². The molecular formula is C16H26N2O3.